The molecule has 4 rings (SSSR count). The molecule has 2 aliphatic rings. The minimum atomic E-state index is -1.04. The molecule has 0 aliphatic carbocycles. The smallest absolute Gasteiger partial charge is 0.328 e. The predicted molar refractivity (Wildman–Crippen MR) is 97.1 cm³/mol. The molecule has 5 nitrogen and oxygen atoms in total. The number of ether oxygens (including phenoxy) is 1. The van der Waals surface area contributed by atoms with Crippen molar-refractivity contribution >= 4 is 17.8 Å². The van der Waals surface area contributed by atoms with Crippen LogP contribution in [0.5, 0.6) is 5.75 Å². The Morgan fingerprint density at radius 1 is 1.22 bits per heavy atom. The van der Waals surface area contributed by atoms with E-state index in [0.29, 0.717) is 42.9 Å². The van der Waals surface area contributed by atoms with Crippen LogP contribution < -0.4 is 4.74 Å². The van der Waals surface area contributed by atoms with Gasteiger partial charge in [0.25, 0.3) is 0 Å². The summed E-state index contributed by atoms with van der Waals surface area (Å²) in [5.74, 6) is -0.748. The molecule has 1 saturated heterocycles. The second kappa shape index (κ2) is 6.63. The number of benzene rings is 2. The van der Waals surface area contributed by atoms with Gasteiger partial charge in [-0.1, -0.05) is 18.2 Å². The lowest BCUT2D eigenvalue weighted by Gasteiger charge is -2.51. The highest BCUT2D eigenvalue weighted by Crippen LogP contribution is 2.39. The van der Waals surface area contributed by atoms with Gasteiger partial charge in [0.1, 0.15) is 17.2 Å². The molecule has 0 saturated carbocycles. The van der Waals surface area contributed by atoms with E-state index in [9.17, 15) is 14.0 Å². The standard InChI is InChI=1S/C21H18FNO4/c22-16-5-1-15(2-6-16)11-23-12-21(13-23)10-18(24)17-9-14(4-8-20(25)26)3-7-19(17)27-21/h1-9H,10-13H2,(H,25,26). The predicted octanol–water partition coefficient (Wildman–Crippen LogP) is 3.14. The van der Waals surface area contributed by atoms with Crippen molar-refractivity contribution in [2.45, 2.75) is 18.6 Å². The molecule has 0 amide bonds. The number of likely N-dealkylation sites (tertiary alicyclic amines) is 1. The second-order valence-electron chi connectivity index (χ2n) is 7.08. The summed E-state index contributed by atoms with van der Waals surface area (Å²) < 4.78 is 19.1. The van der Waals surface area contributed by atoms with Crippen LogP contribution in [-0.4, -0.2) is 40.4 Å². The molecular formula is C21H18FNO4. The second-order valence-corrected chi connectivity index (χ2v) is 7.08. The molecule has 2 heterocycles. The molecule has 2 aromatic carbocycles. The van der Waals surface area contributed by atoms with Crippen molar-refractivity contribution < 1.29 is 23.8 Å². The Labute approximate surface area is 155 Å². The number of aliphatic carboxylic acids is 1. The van der Waals surface area contributed by atoms with Gasteiger partial charge >= 0.3 is 5.97 Å². The van der Waals surface area contributed by atoms with Crippen molar-refractivity contribution in [2.75, 3.05) is 13.1 Å². The van der Waals surface area contributed by atoms with Gasteiger partial charge in [-0.05, 0) is 41.5 Å². The van der Waals surface area contributed by atoms with Crippen LogP contribution >= 0.6 is 0 Å². The highest BCUT2D eigenvalue weighted by Gasteiger charge is 2.49. The molecule has 1 spiro atoms. The van der Waals surface area contributed by atoms with E-state index in [2.05, 4.69) is 4.90 Å². The van der Waals surface area contributed by atoms with E-state index in [1.54, 1.807) is 30.3 Å². The number of fused-ring (bicyclic) bond motifs is 1. The number of rotatable bonds is 4. The van der Waals surface area contributed by atoms with E-state index in [0.717, 1.165) is 11.6 Å². The third kappa shape index (κ3) is 3.61. The van der Waals surface area contributed by atoms with Gasteiger partial charge in [-0.2, -0.15) is 0 Å². The first kappa shape index (κ1) is 17.4. The molecule has 0 radical (unpaired) electrons. The van der Waals surface area contributed by atoms with Crippen LogP contribution in [-0.2, 0) is 11.3 Å². The first-order valence-corrected chi connectivity index (χ1v) is 8.67. The maximum Gasteiger partial charge on any atom is 0.328 e. The van der Waals surface area contributed by atoms with Gasteiger partial charge in [0.2, 0.25) is 0 Å². The number of ketones is 1. The molecule has 0 bridgehead atoms. The van der Waals surface area contributed by atoms with E-state index < -0.39 is 11.6 Å². The summed E-state index contributed by atoms with van der Waals surface area (Å²) in [5, 5.41) is 8.72. The van der Waals surface area contributed by atoms with E-state index >= 15 is 0 Å². The lowest BCUT2D eigenvalue weighted by Crippen LogP contribution is -2.66. The summed E-state index contributed by atoms with van der Waals surface area (Å²) in [6, 6.07) is 11.5. The number of carboxylic acids is 1. The minimum Gasteiger partial charge on any atom is -0.483 e. The molecule has 0 unspecified atom stereocenters. The molecule has 27 heavy (non-hydrogen) atoms. The summed E-state index contributed by atoms with van der Waals surface area (Å²) in [6.07, 6.45) is 2.79. The average molecular weight is 367 g/mol. The van der Waals surface area contributed by atoms with Crippen LogP contribution in [0.25, 0.3) is 6.08 Å². The van der Waals surface area contributed by atoms with Gasteiger partial charge in [-0.3, -0.25) is 9.69 Å². The van der Waals surface area contributed by atoms with Crippen molar-refractivity contribution in [2.24, 2.45) is 0 Å². The van der Waals surface area contributed by atoms with Gasteiger partial charge in [0.05, 0.1) is 12.0 Å². The fourth-order valence-corrected chi connectivity index (χ4v) is 3.69. The van der Waals surface area contributed by atoms with Gasteiger partial charge in [0, 0.05) is 25.7 Å². The SMILES string of the molecule is O=C(O)C=Cc1ccc2c(c1)C(=O)CC1(CN(Cc3ccc(F)cc3)C1)O2. The number of carbonyl (C=O) groups excluding carboxylic acids is 1. The minimum absolute atomic E-state index is 0.00302. The third-order valence-electron chi connectivity index (χ3n) is 4.87. The zero-order valence-corrected chi connectivity index (χ0v) is 14.5. The number of carboxylic acid groups (broad SMARTS) is 1. The highest BCUT2D eigenvalue weighted by molar-refractivity contribution is 6.01. The van der Waals surface area contributed by atoms with Gasteiger partial charge < -0.3 is 9.84 Å². The Balaban J connectivity index is 1.44. The Morgan fingerprint density at radius 2 is 1.96 bits per heavy atom. The van der Waals surface area contributed by atoms with Crippen molar-refractivity contribution in [3.05, 3.63) is 71.0 Å². The largest absolute Gasteiger partial charge is 0.483 e. The molecular weight excluding hydrogens is 349 g/mol. The maximum absolute atomic E-state index is 13.0. The molecule has 138 valence electrons. The number of halogens is 1. The quantitative estimate of drug-likeness (QED) is 0.841. The fourth-order valence-electron chi connectivity index (χ4n) is 3.69. The lowest BCUT2D eigenvalue weighted by molar-refractivity contribution is -0.131. The van der Waals surface area contributed by atoms with E-state index in [1.165, 1.54) is 18.2 Å². The van der Waals surface area contributed by atoms with Crippen molar-refractivity contribution in [3.8, 4) is 5.75 Å². The molecule has 0 aromatic heterocycles. The lowest BCUT2D eigenvalue weighted by atomic mass is 9.83. The van der Waals surface area contributed by atoms with Crippen molar-refractivity contribution in [1.82, 2.24) is 4.90 Å². The van der Waals surface area contributed by atoms with Gasteiger partial charge in [-0.25, -0.2) is 9.18 Å². The molecule has 2 aliphatic heterocycles. The van der Waals surface area contributed by atoms with Crippen LogP contribution in [0.2, 0.25) is 0 Å². The van der Waals surface area contributed by atoms with Gasteiger partial charge in [-0.15, -0.1) is 0 Å². The fraction of sp³-hybridized carbons (Fsp3) is 0.238. The Morgan fingerprint density at radius 3 is 2.67 bits per heavy atom. The number of nitrogens with zero attached hydrogens (tertiary/aromatic N) is 1. The van der Waals surface area contributed by atoms with E-state index in [-0.39, 0.29) is 11.6 Å². The molecule has 1 fully saturated rings. The first-order chi connectivity index (χ1) is 12.9. The average Bonchev–Trinajstić information content (AvgIpc) is 2.61. The number of hydrogen-bond donors (Lipinski definition) is 1. The molecule has 2 aromatic rings. The van der Waals surface area contributed by atoms with Crippen molar-refractivity contribution in [3.63, 3.8) is 0 Å². The Hall–Kier alpha value is -2.99. The number of carbonyl (C=O) groups is 2. The Bertz CT molecular complexity index is 930. The topological polar surface area (TPSA) is 66.8 Å². The van der Waals surface area contributed by atoms with Crippen LogP contribution in [0, 0.1) is 5.82 Å². The normalized spacial score (nSPS) is 18.2. The van der Waals surface area contributed by atoms with Gasteiger partial charge in [0.15, 0.2) is 5.78 Å². The summed E-state index contributed by atoms with van der Waals surface area (Å²) in [6.45, 7) is 1.96. The zero-order chi connectivity index (χ0) is 19.0. The van der Waals surface area contributed by atoms with Crippen LogP contribution in [0.1, 0.15) is 27.9 Å². The summed E-state index contributed by atoms with van der Waals surface area (Å²) >= 11 is 0. The summed E-state index contributed by atoms with van der Waals surface area (Å²) in [7, 11) is 0. The number of hydrogen-bond acceptors (Lipinski definition) is 4. The summed E-state index contributed by atoms with van der Waals surface area (Å²) in [5.41, 5.74) is 1.65. The monoisotopic (exact) mass is 367 g/mol. The zero-order valence-electron chi connectivity index (χ0n) is 14.5. The van der Waals surface area contributed by atoms with Crippen LogP contribution in [0.15, 0.2) is 48.5 Å². The molecule has 1 N–H and O–H groups in total. The third-order valence-corrected chi connectivity index (χ3v) is 4.87. The number of Topliss-reactive ketones (excluding diaryl/α,β-unsaturated/α-hetero) is 1. The van der Waals surface area contributed by atoms with Crippen LogP contribution in [0.4, 0.5) is 4.39 Å². The highest BCUT2D eigenvalue weighted by atomic mass is 19.1. The molecule has 0 atom stereocenters. The Kier molecular flexibility index (Phi) is 4.28. The molecule has 6 heteroatoms. The van der Waals surface area contributed by atoms with E-state index in [4.69, 9.17) is 9.84 Å². The maximum atomic E-state index is 13.0. The van der Waals surface area contributed by atoms with Crippen LogP contribution in [0.3, 0.4) is 0 Å². The first-order valence-electron chi connectivity index (χ1n) is 8.67. The van der Waals surface area contributed by atoms with E-state index in [1.807, 2.05) is 0 Å². The summed E-state index contributed by atoms with van der Waals surface area (Å²) in [4.78, 5) is 25.4. The van der Waals surface area contributed by atoms with Crippen molar-refractivity contribution in [1.29, 1.82) is 0 Å².